The van der Waals surface area contributed by atoms with Crippen molar-refractivity contribution < 1.29 is 17.9 Å². The topological polar surface area (TPSA) is 86.5 Å². The van der Waals surface area contributed by atoms with Gasteiger partial charge in [0.05, 0.1) is 17.1 Å². The van der Waals surface area contributed by atoms with Crippen LogP contribution in [-0.2, 0) is 9.84 Å². The molecule has 0 bridgehead atoms. The number of hydrogen-bond acceptors (Lipinski definition) is 4. The van der Waals surface area contributed by atoms with Gasteiger partial charge < -0.3 is 10.5 Å². The first-order chi connectivity index (χ1) is 7.36. The number of sulfone groups is 1. The van der Waals surface area contributed by atoms with Crippen LogP contribution in [0.3, 0.4) is 0 Å². The fourth-order valence-electron chi connectivity index (χ4n) is 1.21. The van der Waals surface area contributed by atoms with Crippen molar-refractivity contribution in [2.45, 2.75) is 11.8 Å². The lowest BCUT2D eigenvalue weighted by atomic mass is 10.2. The molecular formula is C10H13NO4S. The molecule has 6 heteroatoms. The van der Waals surface area contributed by atoms with Crippen LogP contribution in [0.1, 0.15) is 17.3 Å². The highest BCUT2D eigenvalue weighted by atomic mass is 32.2. The van der Waals surface area contributed by atoms with Crippen LogP contribution < -0.4 is 10.5 Å². The quantitative estimate of drug-likeness (QED) is 0.838. The molecule has 0 saturated carbocycles. The summed E-state index contributed by atoms with van der Waals surface area (Å²) in [6.45, 7) is 2.13. The van der Waals surface area contributed by atoms with E-state index in [-0.39, 0.29) is 10.5 Å². The van der Waals surface area contributed by atoms with Crippen molar-refractivity contribution in [3.63, 3.8) is 0 Å². The third-order valence-electron chi connectivity index (χ3n) is 1.94. The maximum absolute atomic E-state index is 11.3. The molecule has 0 atom stereocenters. The summed E-state index contributed by atoms with van der Waals surface area (Å²) in [5.41, 5.74) is 5.22. The molecule has 1 rings (SSSR count). The number of carbonyl (C=O) groups is 1. The molecule has 0 fully saturated rings. The van der Waals surface area contributed by atoms with Crippen LogP contribution in [0.4, 0.5) is 0 Å². The highest BCUT2D eigenvalue weighted by Gasteiger charge is 2.14. The number of amides is 1. The summed E-state index contributed by atoms with van der Waals surface area (Å²) in [5, 5.41) is 0. The molecule has 0 aliphatic rings. The number of primary amides is 1. The first-order valence-electron chi connectivity index (χ1n) is 4.63. The van der Waals surface area contributed by atoms with E-state index in [1.54, 1.807) is 6.92 Å². The second kappa shape index (κ2) is 4.52. The Morgan fingerprint density at radius 3 is 2.50 bits per heavy atom. The molecule has 1 aromatic rings. The predicted molar refractivity (Wildman–Crippen MR) is 59.2 cm³/mol. The molecule has 0 aliphatic heterocycles. The van der Waals surface area contributed by atoms with Crippen molar-refractivity contribution in [2.75, 3.05) is 12.9 Å². The van der Waals surface area contributed by atoms with E-state index in [0.717, 1.165) is 6.26 Å². The summed E-state index contributed by atoms with van der Waals surface area (Å²) in [6, 6.07) is 4.04. The molecule has 0 unspecified atom stereocenters. The Kier molecular flexibility index (Phi) is 3.54. The minimum absolute atomic E-state index is 0.0461. The zero-order valence-electron chi connectivity index (χ0n) is 9.06. The summed E-state index contributed by atoms with van der Waals surface area (Å²) in [7, 11) is -3.35. The van der Waals surface area contributed by atoms with Crippen molar-refractivity contribution in [1.82, 2.24) is 0 Å². The highest BCUT2D eigenvalue weighted by molar-refractivity contribution is 7.90. The number of ether oxygens (including phenoxy) is 1. The van der Waals surface area contributed by atoms with E-state index in [4.69, 9.17) is 10.5 Å². The third-order valence-corrected chi connectivity index (χ3v) is 3.05. The summed E-state index contributed by atoms with van der Waals surface area (Å²) >= 11 is 0. The lowest BCUT2D eigenvalue weighted by Gasteiger charge is -2.08. The van der Waals surface area contributed by atoms with Crippen molar-refractivity contribution >= 4 is 15.7 Å². The van der Waals surface area contributed by atoms with E-state index in [1.165, 1.54) is 18.2 Å². The van der Waals surface area contributed by atoms with E-state index < -0.39 is 15.7 Å². The second-order valence-electron chi connectivity index (χ2n) is 3.23. The largest absolute Gasteiger partial charge is 0.493 e. The Labute approximate surface area is 94.1 Å². The Hall–Kier alpha value is -1.56. The van der Waals surface area contributed by atoms with E-state index in [0.29, 0.717) is 12.4 Å². The van der Waals surface area contributed by atoms with Crippen LogP contribution in [0.25, 0.3) is 0 Å². The normalized spacial score (nSPS) is 11.1. The van der Waals surface area contributed by atoms with Crippen LogP contribution in [-0.4, -0.2) is 27.2 Å². The van der Waals surface area contributed by atoms with Gasteiger partial charge >= 0.3 is 0 Å². The Morgan fingerprint density at radius 1 is 1.44 bits per heavy atom. The highest BCUT2D eigenvalue weighted by Crippen LogP contribution is 2.22. The zero-order valence-corrected chi connectivity index (χ0v) is 9.87. The molecule has 0 radical (unpaired) electrons. The van der Waals surface area contributed by atoms with Crippen LogP contribution in [0, 0.1) is 0 Å². The molecule has 0 aromatic heterocycles. The minimum Gasteiger partial charge on any atom is -0.493 e. The fourth-order valence-corrected chi connectivity index (χ4v) is 1.86. The van der Waals surface area contributed by atoms with Gasteiger partial charge in [0.1, 0.15) is 5.75 Å². The monoisotopic (exact) mass is 243 g/mol. The maximum atomic E-state index is 11.3. The van der Waals surface area contributed by atoms with Crippen molar-refractivity contribution in [2.24, 2.45) is 5.73 Å². The average Bonchev–Trinajstić information content (AvgIpc) is 2.16. The van der Waals surface area contributed by atoms with Crippen LogP contribution in [0.2, 0.25) is 0 Å². The summed E-state index contributed by atoms with van der Waals surface area (Å²) in [5.74, 6) is -0.420. The average molecular weight is 243 g/mol. The van der Waals surface area contributed by atoms with Gasteiger partial charge in [-0.05, 0) is 25.1 Å². The lowest BCUT2D eigenvalue weighted by molar-refractivity contribution is 0.0996. The van der Waals surface area contributed by atoms with E-state index >= 15 is 0 Å². The van der Waals surface area contributed by atoms with Gasteiger partial charge in [0.25, 0.3) is 5.91 Å². The molecule has 0 aliphatic carbocycles. The molecule has 0 heterocycles. The van der Waals surface area contributed by atoms with Gasteiger partial charge in [-0.3, -0.25) is 4.79 Å². The fraction of sp³-hybridized carbons (Fsp3) is 0.300. The Balaban J connectivity index is 3.34. The molecule has 1 aromatic carbocycles. The molecule has 88 valence electrons. The maximum Gasteiger partial charge on any atom is 0.252 e. The van der Waals surface area contributed by atoms with Gasteiger partial charge in [0.15, 0.2) is 9.84 Å². The Morgan fingerprint density at radius 2 is 2.06 bits per heavy atom. The molecule has 5 nitrogen and oxygen atoms in total. The minimum atomic E-state index is -3.35. The van der Waals surface area contributed by atoms with E-state index in [9.17, 15) is 13.2 Å². The van der Waals surface area contributed by atoms with Gasteiger partial charge in [-0.1, -0.05) is 0 Å². The van der Waals surface area contributed by atoms with Crippen molar-refractivity contribution in [3.8, 4) is 5.75 Å². The van der Waals surface area contributed by atoms with E-state index in [2.05, 4.69) is 0 Å². The van der Waals surface area contributed by atoms with Crippen LogP contribution in [0.15, 0.2) is 23.1 Å². The smallest absolute Gasteiger partial charge is 0.252 e. The van der Waals surface area contributed by atoms with Gasteiger partial charge in [0, 0.05) is 6.26 Å². The molecule has 0 spiro atoms. The van der Waals surface area contributed by atoms with Crippen molar-refractivity contribution in [1.29, 1.82) is 0 Å². The van der Waals surface area contributed by atoms with Gasteiger partial charge in [-0.25, -0.2) is 8.42 Å². The molecule has 16 heavy (non-hydrogen) atoms. The van der Waals surface area contributed by atoms with Crippen LogP contribution >= 0.6 is 0 Å². The zero-order chi connectivity index (χ0) is 12.3. The number of benzene rings is 1. The third kappa shape index (κ3) is 2.73. The van der Waals surface area contributed by atoms with Gasteiger partial charge in [-0.15, -0.1) is 0 Å². The van der Waals surface area contributed by atoms with E-state index in [1.807, 2.05) is 0 Å². The van der Waals surface area contributed by atoms with Gasteiger partial charge in [0.2, 0.25) is 0 Å². The SMILES string of the molecule is CCOc1ccc(S(C)(=O)=O)cc1C(N)=O. The lowest BCUT2D eigenvalue weighted by Crippen LogP contribution is -2.14. The molecule has 2 N–H and O–H groups in total. The molecule has 0 saturated heterocycles. The first-order valence-corrected chi connectivity index (χ1v) is 6.52. The summed E-state index contributed by atoms with van der Waals surface area (Å²) in [6.07, 6.45) is 1.06. The number of nitrogens with two attached hydrogens (primary N) is 1. The summed E-state index contributed by atoms with van der Waals surface area (Å²) < 4.78 is 27.7. The molecular weight excluding hydrogens is 230 g/mol. The second-order valence-corrected chi connectivity index (χ2v) is 5.24. The summed E-state index contributed by atoms with van der Waals surface area (Å²) in [4.78, 5) is 11.2. The van der Waals surface area contributed by atoms with Gasteiger partial charge in [-0.2, -0.15) is 0 Å². The first kappa shape index (κ1) is 12.5. The number of rotatable bonds is 4. The van der Waals surface area contributed by atoms with Crippen molar-refractivity contribution in [3.05, 3.63) is 23.8 Å². The number of hydrogen-bond donors (Lipinski definition) is 1. The van der Waals surface area contributed by atoms with Crippen LogP contribution in [0.5, 0.6) is 5.75 Å². The molecule has 1 amide bonds. The Bertz CT molecular complexity index is 508. The number of carbonyl (C=O) groups excluding carboxylic acids is 1. The standard InChI is InChI=1S/C10H13NO4S/c1-3-15-9-5-4-7(16(2,13)14)6-8(9)10(11)12/h4-6H,3H2,1-2H3,(H2,11,12). The predicted octanol–water partition coefficient (Wildman–Crippen LogP) is 0.588.